The van der Waals surface area contributed by atoms with Gasteiger partial charge in [0.1, 0.15) is 0 Å². The van der Waals surface area contributed by atoms with Gasteiger partial charge in [-0.05, 0) is 58.5 Å². The van der Waals surface area contributed by atoms with Crippen molar-refractivity contribution in [1.29, 1.82) is 0 Å². The minimum Gasteiger partial charge on any atom is -0.358 e. The van der Waals surface area contributed by atoms with Crippen molar-refractivity contribution in [3.8, 4) is 0 Å². The first-order valence-corrected chi connectivity index (χ1v) is 7.63. The minimum absolute atomic E-state index is 0.0135. The number of aryl methyl sites for hydroxylation is 1. The van der Waals surface area contributed by atoms with E-state index in [4.69, 9.17) is 12.2 Å². The first-order chi connectivity index (χ1) is 9.77. The molecule has 5 heteroatoms. The quantitative estimate of drug-likeness (QED) is 0.843. The van der Waals surface area contributed by atoms with Gasteiger partial charge >= 0.3 is 0 Å². The predicted octanol–water partition coefficient (Wildman–Crippen LogP) is 2.68. The first kappa shape index (κ1) is 15.8. The average Bonchev–Trinajstić information content (AvgIpc) is 2.36. The van der Waals surface area contributed by atoms with Gasteiger partial charge in [0.15, 0.2) is 5.11 Å². The number of nitrogens with one attached hydrogen (secondary N) is 2. The summed E-state index contributed by atoms with van der Waals surface area (Å²) in [5, 5.41) is 6.85. The number of hydrogen-bond donors (Lipinski definition) is 2. The zero-order valence-electron chi connectivity index (χ0n) is 13.1. The molecular weight excluding hydrogens is 282 g/mol. The number of nitrogens with zero attached hydrogens (tertiary/aromatic N) is 1. The molecule has 1 atom stereocenters. The lowest BCUT2D eigenvalue weighted by Gasteiger charge is -2.44. The summed E-state index contributed by atoms with van der Waals surface area (Å²) in [6.07, 6.45) is 0.949. The molecule has 0 saturated carbocycles. The molecule has 0 aromatic heterocycles. The zero-order chi connectivity index (χ0) is 15.6. The Morgan fingerprint density at radius 3 is 2.62 bits per heavy atom. The fourth-order valence-electron chi connectivity index (χ4n) is 2.68. The van der Waals surface area contributed by atoms with Gasteiger partial charge in [-0.3, -0.25) is 4.79 Å². The summed E-state index contributed by atoms with van der Waals surface area (Å²) >= 11 is 5.39. The highest BCUT2D eigenvalue weighted by molar-refractivity contribution is 7.80. The van der Waals surface area contributed by atoms with Crippen molar-refractivity contribution in [1.82, 2.24) is 10.2 Å². The van der Waals surface area contributed by atoms with Gasteiger partial charge < -0.3 is 15.5 Å². The van der Waals surface area contributed by atoms with Crippen LogP contribution in [0.15, 0.2) is 24.3 Å². The van der Waals surface area contributed by atoms with Crippen molar-refractivity contribution in [2.45, 2.75) is 45.7 Å². The van der Waals surface area contributed by atoms with E-state index in [1.165, 1.54) is 5.56 Å². The maximum Gasteiger partial charge on any atom is 0.243 e. The molecule has 2 N–H and O–H groups in total. The standard InChI is InChI=1S/C16H23N3OS/c1-11-5-7-13(8-6-11)17-14(20)10-19-12(2)9-16(3,4)18-15(19)21/h5-8,12H,9-10H2,1-4H3,(H,17,20)(H,18,21)/t12-/m1/s1. The number of carbonyl (C=O) groups is 1. The largest absolute Gasteiger partial charge is 0.358 e. The third-order valence-electron chi connectivity index (χ3n) is 3.69. The third kappa shape index (κ3) is 4.17. The number of anilines is 1. The average molecular weight is 305 g/mol. The van der Waals surface area contributed by atoms with Crippen molar-refractivity contribution in [2.75, 3.05) is 11.9 Å². The van der Waals surface area contributed by atoms with Crippen LogP contribution in [0.3, 0.4) is 0 Å². The number of rotatable bonds is 3. The van der Waals surface area contributed by atoms with Crippen molar-refractivity contribution in [3.05, 3.63) is 29.8 Å². The lowest BCUT2D eigenvalue weighted by molar-refractivity contribution is -0.117. The van der Waals surface area contributed by atoms with Crippen molar-refractivity contribution < 1.29 is 4.79 Å². The molecule has 2 rings (SSSR count). The topological polar surface area (TPSA) is 44.4 Å². The number of amides is 1. The molecular formula is C16H23N3OS. The predicted molar refractivity (Wildman–Crippen MR) is 90.4 cm³/mol. The Bertz CT molecular complexity index is 539. The normalized spacial score (nSPS) is 20.9. The van der Waals surface area contributed by atoms with Crippen LogP contribution in [0, 0.1) is 6.92 Å². The van der Waals surface area contributed by atoms with Gasteiger partial charge in [-0.1, -0.05) is 17.7 Å². The van der Waals surface area contributed by atoms with Gasteiger partial charge in [-0.25, -0.2) is 0 Å². The second kappa shape index (κ2) is 6.02. The lowest BCUT2D eigenvalue weighted by Crippen LogP contribution is -2.61. The summed E-state index contributed by atoms with van der Waals surface area (Å²) in [5.41, 5.74) is 1.97. The number of thiocarbonyl (C=S) groups is 1. The van der Waals surface area contributed by atoms with Crippen LogP contribution in [0.5, 0.6) is 0 Å². The molecule has 0 bridgehead atoms. The van der Waals surface area contributed by atoms with Crippen LogP contribution in [0.25, 0.3) is 0 Å². The molecule has 1 aliphatic rings. The fourth-order valence-corrected chi connectivity index (χ4v) is 3.20. The second-order valence-electron chi connectivity index (χ2n) is 6.41. The highest BCUT2D eigenvalue weighted by Gasteiger charge is 2.33. The lowest BCUT2D eigenvalue weighted by atomic mass is 9.93. The smallest absolute Gasteiger partial charge is 0.243 e. The van der Waals surface area contributed by atoms with Crippen molar-refractivity contribution in [3.63, 3.8) is 0 Å². The summed E-state index contributed by atoms with van der Waals surface area (Å²) in [7, 11) is 0. The van der Waals surface area contributed by atoms with E-state index in [0.29, 0.717) is 5.11 Å². The summed E-state index contributed by atoms with van der Waals surface area (Å²) in [5.74, 6) is -0.0467. The number of hydrogen-bond acceptors (Lipinski definition) is 2. The molecule has 1 saturated heterocycles. The molecule has 0 unspecified atom stereocenters. The molecule has 21 heavy (non-hydrogen) atoms. The molecule has 114 valence electrons. The Kier molecular flexibility index (Phi) is 4.52. The van der Waals surface area contributed by atoms with Crippen LogP contribution in [-0.4, -0.2) is 34.0 Å². The Hall–Kier alpha value is -1.62. The summed E-state index contributed by atoms with van der Waals surface area (Å²) in [6, 6.07) is 8.03. The van der Waals surface area contributed by atoms with E-state index in [1.54, 1.807) is 0 Å². The monoisotopic (exact) mass is 305 g/mol. The maximum atomic E-state index is 12.2. The van der Waals surface area contributed by atoms with Crippen LogP contribution in [0.2, 0.25) is 0 Å². The van der Waals surface area contributed by atoms with E-state index in [9.17, 15) is 4.79 Å². The van der Waals surface area contributed by atoms with E-state index in [0.717, 1.165) is 12.1 Å². The molecule has 1 amide bonds. The second-order valence-corrected chi connectivity index (χ2v) is 6.80. The molecule has 0 aliphatic carbocycles. The third-order valence-corrected chi connectivity index (χ3v) is 4.03. The summed E-state index contributed by atoms with van der Waals surface area (Å²) in [4.78, 5) is 14.1. The molecule has 1 aromatic rings. The van der Waals surface area contributed by atoms with E-state index in [1.807, 2.05) is 36.1 Å². The first-order valence-electron chi connectivity index (χ1n) is 7.22. The van der Waals surface area contributed by atoms with Crippen LogP contribution < -0.4 is 10.6 Å². The molecule has 0 spiro atoms. The van der Waals surface area contributed by atoms with E-state index < -0.39 is 0 Å². The van der Waals surface area contributed by atoms with E-state index in [2.05, 4.69) is 31.4 Å². The Morgan fingerprint density at radius 2 is 2.05 bits per heavy atom. The van der Waals surface area contributed by atoms with Gasteiger partial charge in [-0.15, -0.1) is 0 Å². The molecule has 1 fully saturated rings. The van der Waals surface area contributed by atoms with Gasteiger partial charge in [0.05, 0.1) is 6.54 Å². The van der Waals surface area contributed by atoms with Gasteiger partial charge in [0.25, 0.3) is 0 Å². The Balaban J connectivity index is 1.96. The molecule has 1 aliphatic heterocycles. The molecule has 1 heterocycles. The Labute approximate surface area is 131 Å². The van der Waals surface area contributed by atoms with E-state index in [-0.39, 0.29) is 24.0 Å². The minimum atomic E-state index is -0.0467. The van der Waals surface area contributed by atoms with Crippen LogP contribution in [-0.2, 0) is 4.79 Å². The van der Waals surface area contributed by atoms with Gasteiger partial charge in [0, 0.05) is 17.3 Å². The van der Waals surface area contributed by atoms with Crippen LogP contribution >= 0.6 is 12.2 Å². The molecule has 0 radical (unpaired) electrons. The highest BCUT2D eigenvalue weighted by atomic mass is 32.1. The fraction of sp³-hybridized carbons (Fsp3) is 0.500. The number of benzene rings is 1. The maximum absolute atomic E-state index is 12.2. The van der Waals surface area contributed by atoms with Gasteiger partial charge in [0.2, 0.25) is 5.91 Å². The Morgan fingerprint density at radius 1 is 1.43 bits per heavy atom. The summed E-state index contributed by atoms with van der Waals surface area (Å²) < 4.78 is 0. The highest BCUT2D eigenvalue weighted by Crippen LogP contribution is 2.21. The zero-order valence-corrected chi connectivity index (χ0v) is 13.9. The van der Waals surface area contributed by atoms with Crippen molar-refractivity contribution in [2.24, 2.45) is 0 Å². The van der Waals surface area contributed by atoms with Crippen LogP contribution in [0.1, 0.15) is 32.8 Å². The number of carbonyl (C=O) groups excluding carboxylic acids is 1. The SMILES string of the molecule is Cc1ccc(NC(=O)CN2C(=S)NC(C)(C)C[C@H]2C)cc1. The summed E-state index contributed by atoms with van der Waals surface area (Å²) in [6.45, 7) is 8.65. The van der Waals surface area contributed by atoms with Gasteiger partial charge in [-0.2, -0.15) is 0 Å². The molecule has 4 nitrogen and oxygen atoms in total. The van der Waals surface area contributed by atoms with Crippen molar-refractivity contribution >= 4 is 28.9 Å². The van der Waals surface area contributed by atoms with E-state index >= 15 is 0 Å². The molecule has 1 aromatic carbocycles. The van der Waals surface area contributed by atoms with Crippen LogP contribution in [0.4, 0.5) is 5.69 Å².